The minimum absolute atomic E-state index is 0.0391. The number of carbonyl (C=O) groups is 1. The predicted molar refractivity (Wildman–Crippen MR) is 95.4 cm³/mol. The second-order valence-electron chi connectivity index (χ2n) is 6.19. The highest BCUT2D eigenvalue weighted by molar-refractivity contribution is 7.89. The summed E-state index contributed by atoms with van der Waals surface area (Å²) in [6.45, 7) is 0.976. The smallest absolute Gasteiger partial charge is 0.379 e. The van der Waals surface area contributed by atoms with E-state index in [1.54, 1.807) is 0 Å². The fraction of sp³-hybridized carbons (Fsp3) is 0.278. The van der Waals surface area contributed by atoms with Gasteiger partial charge in [-0.05, 0) is 42.5 Å². The average molecular weight is 432 g/mol. The molecule has 0 unspecified atom stereocenters. The van der Waals surface area contributed by atoms with E-state index in [-0.39, 0.29) is 36.8 Å². The lowest BCUT2D eigenvalue weighted by atomic mass is 10.1. The number of rotatable bonds is 4. The summed E-state index contributed by atoms with van der Waals surface area (Å²) in [7, 11) is -3.76. The molecule has 1 aliphatic rings. The summed E-state index contributed by atoms with van der Waals surface area (Å²) >= 11 is 0. The number of alkyl halides is 3. The number of carbonyl (C=O) groups excluding carboxylic acids is 1. The van der Waals surface area contributed by atoms with E-state index in [0.717, 1.165) is 0 Å². The molecular weight excluding hydrogens is 416 g/mol. The minimum atomic E-state index is -4.69. The quantitative estimate of drug-likeness (QED) is 0.754. The van der Waals surface area contributed by atoms with Gasteiger partial charge in [0.25, 0.3) is 5.91 Å². The number of morpholine rings is 1. The molecule has 0 bridgehead atoms. The first-order chi connectivity index (χ1) is 13.6. The van der Waals surface area contributed by atoms with Crippen LogP contribution in [0, 0.1) is 5.82 Å². The van der Waals surface area contributed by atoms with Gasteiger partial charge in [0.05, 0.1) is 29.4 Å². The molecule has 0 aliphatic carbocycles. The molecule has 3 rings (SSSR count). The molecule has 1 heterocycles. The monoisotopic (exact) mass is 432 g/mol. The molecule has 1 aliphatic heterocycles. The van der Waals surface area contributed by atoms with Gasteiger partial charge in [-0.15, -0.1) is 0 Å². The number of ether oxygens (including phenoxy) is 1. The standard InChI is InChI=1S/C18H16F4N2O4S/c19-15-6-3-13(18(20,21)22)11-16(15)23-17(25)12-1-4-14(5-2-12)29(26,27)24-7-9-28-10-8-24/h1-6,11H,7-10H2,(H,23,25). The van der Waals surface area contributed by atoms with Gasteiger partial charge >= 0.3 is 6.18 Å². The van der Waals surface area contributed by atoms with E-state index < -0.39 is 39.2 Å². The number of benzene rings is 2. The van der Waals surface area contributed by atoms with Crippen LogP contribution in [-0.4, -0.2) is 44.9 Å². The zero-order chi connectivity index (χ0) is 21.2. The number of nitrogens with one attached hydrogen (secondary N) is 1. The third kappa shape index (κ3) is 4.74. The van der Waals surface area contributed by atoms with Crippen LogP contribution < -0.4 is 5.32 Å². The summed E-state index contributed by atoms with van der Waals surface area (Å²) in [4.78, 5) is 12.2. The molecule has 6 nitrogen and oxygen atoms in total. The molecule has 2 aromatic carbocycles. The van der Waals surface area contributed by atoms with E-state index >= 15 is 0 Å². The molecule has 1 fully saturated rings. The fourth-order valence-corrected chi connectivity index (χ4v) is 4.11. The van der Waals surface area contributed by atoms with Crippen molar-refractivity contribution in [1.29, 1.82) is 0 Å². The van der Waals surface area contributed by atoms with Crippen molar-refractivity contribution in [1.82, 2.24) is 4.31 Å². The van der Waals surface area contributed by atoms with Crippen LogP contribution in [0.1, 0.15) is 15.9 Å². The molecule has 1 saturated heterocycles. The molecule has 0 saturated carbocycles. The fourth-order valence-electron chi connectivity index (χ4n) is 2.71. The largest absolute Gasteiger partial charge is 0.416 e. The number of halogens is 4. The highest BCUT2D eigenvalue weighted by atomic mass is 32.2. The lowest BCUT2D eigenvalue weighted by Gasteiger charge is -2.26. The number of hydrogen-bond acceptors (Lipinski definition) is 4. The Morgan fingerprint density at radius 1 is 1.03 bits per heavy atom. The summed E-state index contributed by atoms with van der Waals surface area (Å²) in [5.41, 5.74) is -1.78. The van der Waals surface area contributed by atoms with Crippen LogP contribution >= 0.6 is 0 Å². The molecule has 1 N–H and O–H groups in total. The lowest BCUT2D eigenvalue weighted by molar-refractivity contribution is -0.137. The van der Waals surface area contributed by atoms with Crippen LogP contribution in [0.4, 0.5) is 23.2 Å². The molecule has 0 spiro atoms. The highest BCUT2D eigenvalue weighted by Gasteiger charge is 2.31. The normalized spacial score (nSPS) is 15.9. The third-order valence-corrected chi connectivity index (χ3v) is 6.18. The zero-order valence-corrected chi connectivity index (χ0v) is 15.7. The Balaban J connectivity index is 1.78. The first-order valence-corrected chi connectivity index (χ1v) is 9.89. The average Bonchev–Trinajstić information content (AvgIpc) is 2.69. The lowest BCUT2D eigenvalue weighted by Crippen LogP contribution is -2.40. The molecule has 2 aromatic rings. The Morgan fingerprint density at radius 2 is 1.66 bits per heavy atom. The molecule has 156 valence electrons. The van der Waals surface area contributed by atoms with Gasteiger partial charge in [-0.1, -0.05) is 0 Å². The van der Waals surface area contributed by atoms with Gasteiger partial charge in [0.15, 0.2) is 0 Å². The van der Waals surface area contributed by atoms with Crippen LogP contribution in [-0.2, 0) is 20.9 Å². The number of amides is 1. The van der Waals surface area contributed by atoms with Crippen molar-refractivity contribution in [2.45, 2.75) is 11.1 Å². The molecule has 1 amide bonds. The SMILES string of the molecule is O=C(Nc1cc(C(F)(F)F)ccc1F)c1ccc(S(=O)(=O)N2CCOCC2)cc1. The van der Waals surface area contributed by atoms with E-state index in [1.165, 1.54) is 28.6 Å². The van der Waals surface area contributed by atoms with Gasteiger partial charge in [-0.2, -0.15) is 17.5 Å². The van der Waals surface area contributed by atoms with Gasteiger partial charge in [-0.25, -0.2) is 12.8 Å². The van der Waals surface area contributed by atoms with Crippen molar-refractivity contribution >= 4 is 21.6 Å². The first-order valence-electron chi connectivity index (χ1n) is 8.45. The molecule has 11 heteroatoms. The molecular formula is C18H16F4N2O4S. The highest BCUT2D eigenvalue weighted by Crippen LogP contribution is 2.32. The maximum Gasteiger partial charge on any atom is 0.416 e. The van der Waals surface area contributed by atoms with Gasteiger partial charge in [0.1, 0.15) is 5.82 Å². The number of nitrogens with zero attached hydrogens (tertiary/aromatic N) is 1. The van der Waals surface area contributed by atoms with Crippen molar-refractivity contribution in [3.63, 3.8) is 0 Å². The second-order valence-corrected chi connectivity index (χ2v) is 8.13. The van der Waals surface area contributed by atoms with Crippen molar-refractivity contribution in [2.75, 3.05) is 31.6 Å². The van der Waals surface area contributed by atoms with E-state index in [0.29, 0.717) is 18.2 Å². The molecule has 0 aromatic heterocycles. The Bertz CT molecular complexity index is 1000. The number of anilines is 1. The summed E-state index contributed by atoms with van der Waals surface area (Å²) in [5.74, 6) is -1.91. The Hall–Kier alpha value is -2.50. The first kappa shape index (κ1) is 21.2. The zero-order valence-electron chi connectivity index (χ0n) is 14.9. The van der Waals surface area contributed by atoms with Gasteiger partial charge in [0, 0.05) is 18.7 Å². The van der Waals surface area contributed by atoms with E-state index in [1.807, 2.05) is 0 Å². The Kier molecular flexibility index (Phi) is 5.92. The summed E-state index contributed by atoms with van der Waals surface area (Å²) in [5, 5.41) is 2.07. The Labute approximate surface area is 164 Å². The Morgan fingerprint density at radius 3 is 2.24 bits per heavy atom. The van der Waals surface area contributed by atoms with Crippen molar-refractivity contribution < 1.29 is 35.5 Å². The third-order valence-electron chi connectivity index (χ3n) is 4.27. The molecule has 0 radical (unpaired) electrons. The van der Waals surface area contributed by atoms with Crippen LogP contribution in [0.2, 0.25) is 0 Å². The van der Waals surface area contributed by atoms with Crippen molar-refractivity contribution in [3.8, 4) is 0 Å². The van der Waals surface area contributed by atoms with Crippen LogP contribution in [0.25, 0.3) is 0 Å². The van der Waals surface area contributed by atoms with Gasteiger partial charge in [-0.3, -0.25) is 4.79 Å². The summed E-state index contributed by atoms with van der Waals surface area (Å²) < 4.78 is 83.5. The van der Waals surface area contributed by atoms with Gasteiger partial charge < -0.3 is 10.1 Å². The van der Waals surface area contributed by atoms with Crippen LogP contribution in [0.15, 0.2) is 47.4 Å². The molecule has 29 heavy (non-hydrogen) atoms. The summed E-state index contributed by atoms with van der Waals surface area (Å²) in [6, 6.07) is 6.49. The van der Waals surface area contributed by atoms with Crippen molar-refractivity contribution in [3.05, 3.63) is 59.4 Å². The van der Waals surface area contributed by atoms with E-state index in [2.05, 4.69) is 5.32 Å². The predicted octanol–water partition coefficient (Wildman–Crippen LogP) is 3.12. The second kappa shape index (κ2) is 8.09. The topological polar surface area (TPSA) is 75.7 Å². The van der Waals surface area contributed by atoms with E-state index in [9.17, 15) is 30.8 Å². The number of sulfonamides is 1. The maximum atomic E-state index is 13.8. The van der Waals surface area contributed by atoms with Crippen LogP contribution in [0.5, 0.6) is 0 Å². The van der Waals surface area contributed by atoms with Gasteiger partial charge in [0.2, 0.25) is 10.0 Å². The number of hydrogen-bond donors (Lipinski definition) is 1. The minimum Gasteiger partial charge on any atom is -0.379 e. The maximum absolute atomic E-state index is 13.8. The van der Waals surface area contributed by atoms with E-state index in [4.69, 9.17) is 4.74 Å². The molecule has 0 atom stereocenters. The summed E-state index contributed by atoms with van der Waals surface area (Å²) in [6.07, 6.45) is -4.69. The van der Waals surface area contributed by atoms with Crippen molar-refractivity contribution in [2.24, 2.45) is 0 Å². The van der Waals surface area contributed by atoms with Crippen LogP contribution in [0.3, 0.4) is 0 Å².